The Kier molecular flexibility index (Phi) is 5.21. The van der Waals surface area contributed by atoms with E-state index in [1.165, 1.54) is 31.0 Å². The van der Waals surface area contributed by atoms with Crippen LogP contribution in [0.5, 0.6) is 0 Å². The van der Waals surface area contributed by atoms with E-state index >= 15 is 0 Å². The first-order valence-electron chi connectivity index (χ1n) is 6.72. The molecular formula is C13H18ClN3O3S. The van der Waals surface area contributed by atoms with E-state index < -0.39 is 10.0 Å². The number of hydrogen-bond acceptors (Lipinski definition) is 4. The lowest BCUT2D eigenvalue weighted by atomic mass is 10.2. The van der Waals surface area contributed by atoms with Crippen LogP contribution in [0.1, 0.15) is 25.7 Å². The van der Waals surface area contributed by atoms with Gasteiger partial charge in [-0.1, -0.05) is 24.4 Å². The number of sulfonamides is 1. The number of primary sulfonamides is 1. The van der Waals surface area contributed by atoms with Crippen molar-refractivity contribution in [3.63, 3.8) is 0 Å². The molecule has 1 fully saturated rings. The molecule has 1 saturated carbocycles. The second-order valence-corrected chi connectivity index (χ2v) is 7.07. The van der Waals surface area contributed by atoms with E-state index in [4.69, 9.17) is 16.7 Å². The maximum Gasteiger partial charge on any atom is 0.238 e. The van der Waals surface area contributed by atoms with E-state index in [-0.39, 0.29) is 28.1 Å². The van der Waals surface area contributed by atoms with Crippen LogP contribution in [0.2, 0.25) is 5.02 Å². The number of hydrogen-bond donors (Lipinski definition) is 3. The van der Waals surface area contributed by atoms with Crippen LogP contribution in [0.25, 0.3) is 0 Å². The molecule has 1 amide bonds. The van der Waals surface area contributed by atoms with Crippen LogP contribution >= 0.6 is 11.6 Å². The summed E-state index contributed by atoms with van der Waals surface area (Å²) < 4.78 is 22.6. The predicted octanol–water partition coefficient (Wildman–Crippen LogP) is 1.46. The molecule has 1 aromatic rings. The van der Waals surface area contributed by atoms with Crippen molar-refractivity contribution in [3.05, 3.63) is 23.2 Å². The minimum absolute atomic E-state index is 0.0917. The van der Waals surface area contributed by atoms with Crippen molar-refractivity contribution in [2.45, 2.75) is 36.6 Å². The first kappa shape index (κ1) is 16.2. The quantitative estimate of drug-likeness (QED) is 0.760. The second-order valence-electron chi connectivity index (χ2n) is 5.10. The fraction of sp³-hybridized carbons (Fsp3) is 0.462. The van der Waals surface area contributed by atoms with Gasteiger partial charge in [-0.15, -0.1) is 0 Å². The van der Waals surface area contributed by atoms with Gasteiger partial charge in [-0.2, -0.15) is 0 Å². The molecule has 1 aliphatic carbocycles. The molecule has 8 heteroatoms. The molecule has 0 aliphatic heterocycles. The van der Waals surface area contributed by atoms with Gasteiger partial charge >= 0.3 is 0 Å². The third kappa shape index (κ3) is 4.67. The lowest BCUT2D eigenvalue weighted by Crippen LogP contribution is -2.34. The molecule has 6 nitrogen and oxygen atoms in total. The van der Waals surface area contributed by atoms with Gasteiger partial charge in [0, 0.05) is 6.04 Å². The minimum atomic E-state index is -3.83. The van der Waals surface area contributed by atoms with Crippen LogP contribution in [0.15, 0.2) is 23.1 Å². The molecule has 0 radical (unpaired) electrons. The van der Waals surface area contributed by atoms with Crippen molar-refractivity contribution in [3.8, 4) is 0 Å². The third-order valence-corrected chi connectivity index (χ3v) is 4.69. The van der Waals surface area contributed by atoms with Gasteiger partial charge in [0.2, 0.25) is 15.9 Å². The van der Waals surface area contributed by atoms with E-state index in [2.05, 4.69) is 10.6 Å². The van der Waals surface area contributed by atoms with Crippen LogP contribution in [-0.4, -0.2) is 26.9 Å². The topological polar surface area (TPSA) is 101 Å². The molecule has 0 spiro atoms. The minimum Gasteiger partial charge on any atom is -0.324 e. The van der Waals surface area contributed by atoms with E-state index in [0.717, 1.165) is 12.8 Å². The first-order valence-corrected chi connectivity index (χ1v) is 8.64. The summed E-state index contributed by atoms with van der Waals surface area (Å²) >= 11 is 5.95. The highest BCUT2D eigenvalue weighted by atomic mass is 35.5. The molecule has 4 N–H and O–H groups in total. The van der Waals surface area contributed by atoms with Crippen LogP contribution in [0.4, 0.5) is 5.69 Å². The Morgan fingerprint density at radius 3 is 2.62 bits per heavy atom. The van der Waals surface area contributed by atoms with Gasteiger partial charge in [-0.3, -0.25) is 4.79 Å². The fourth-order valence-corrected chi connectivity index (χ4v) is 3.04. The molecule has 1 aromatic carbocycles. The summed E-state index contributed by atoms with van der Waals surface area (Å²) in [5.74, 6) is -0.268. The summed E-state index contributed by atoms with van der Waals surface area (Å²) in [6, 6.07) is 4.32. The third-order valence-electron chi connectivity index (χ3n) is 3.45. The number of carbonyl (C=O) groups is 1. The molecule has 0 unspecified atom stereocenters. The molecule has 0 aromatic heterocycles. The number of amides is 1. The van der Waals surface area contributed by atoms with Crippen molar-refractivity contribution in [2.75, 3.05) is 11.9 Å². The largest absolute Gasteiger partial charge is 0.324 e. The molecule has 0 saturated heterocycles. The highest BCUT2D eigenvalue weighted by Gasteiger charge is 2.16. The van der Waals surface area contributed by atoms with E-state index in [1.54, 1.807) is 0 Å². The van der Waals surface area contributed by atoms with Crippen LogP contribution < -0.4 is 15.8 Å². The smallest absolute Gasteiger partial charge is 0.238 e. The Labute approximate surface area is 129 Å². The summed E-state index contributed by atoms with van der Waals surface area (Å²) in [5.41, 5.74) is 0.237. The van der Waals surface area contributed by atoms with Crippen molar-refractivity contribution >= 4 is 33.2 Å². The zero-order chi connectivity index (χ0) is 15.5. The summed E-state index contributed by atoms with van der Waals surface area (Å²) in [6.07, 6.45) is 4.52. The number of rotatable bonds is 5. The Morgan fingerprint density at radius 2 is 2.00 bits per heavy atom. The predicted molar refractivity (Wildman–Crippen MR) is 81.7 cm³/mol. The maximum absolute atomic E-state index is 11.9. The van der Waals surface area contributed by atoms with Gasteiger partial charge in [-0.05, 0) is 31.0 Å². The second kappa shape index (κ2) is 6.74. The Hall–Kier alpha value is -1.15. The summed E-state index contributed by atoms with van der Waals surface area (Å²) in [5, 5.41) is 11.1. The number of nitrogens with two attached hydrogens (primary N) is 1. The summed E-state index contributed by atoms with van der Waals surface area (Å²) in [6.45, 7) is 0.167. The summed E-state index contributed by atoms with van der Waals surface area (Å²) in [4.78, 5) is 11.8. The van der Waals surface area contributed by atoms with Gasteiger partial charge in [0.25, 0.3) is 0 Å². The van der Waals surface area contributed by atoms with Gasteiger partial charge < -0.3 is 10.6 Å². The number of anilines is 1. The van der Waals surface area contributed by atoms with Crippen LogP contribution in [-0.2, 0) is 14.8 Å². The average molecular weight is 332 g/mol. The van der Waals surface area contributed by atoms with E-state index in [9.17, 15) is 13.2 Å². The monoisotopic (exact) mass is 331 g/mol. The standard InChI is InChI=1S/C13H18ClN3O3S/c14-11-6-5-10(21(15,19)20)7-12(11)17-13(18)8-16-9-3-1-2-4-9/h5-7,9,16H,1-4,8H2,(H,17,18)(H2,15,19,20). The van der Waals surface area contributed by atoms with Gasteiger partial charge in [-0.25, -0.2) is 13.6 Å². The number of benzene rings is 1. The van der Waals surface area contributed by atoms with Crippen LogP contribution in [0.3, 0.4) is 0 Å². The highest BCUT2D eigenvalue weighted by Crippen LogP contribution is 2.24. The normalized spacial score (nSPS) is 16.1. The van der Waals surface area contributed by atoms with Crippen molar-refractivity contribution in [2.24, 2.45) is 5.14 Å². The van der Waals surface area contributed by atoms with Crippen LogP contribution in [0, 0.1) is 0 Å². The Bertz CT molecular complexity index is 628. The SMILES string of the molecule is NS(=O)(=O)c1ccc(Cl)c(NC(=O)CNC2CCCC2)c1. The first-order chi connectivity index (χ1) is 9.86. The Balaban J connectivity index is 1.99. The summed E-state index contributed by atoms with van der Waals surface area (Å²) in [7, 11) is -3.83. The van der Waals surface area contributed by atoms with E-state index in [1.807, 2.05) is 0 Å². The molecular weight excluding hydrogens is 314 g/mol. The molecule has 1 aliphatic rings. The van der Waals surface area contributed by atoms with Crippen molar-refractivity contribution in [1.82, 2.24) is 5.32 Å². The van der Waals surface area contributed by atoms with Crippen molar-refractivity contribution in [1.29, 1.82) is 0 Å². The zero-order valence-electron chi connectivity index (χ0n) is 11.4. The molecule has 21 heavy (non-hydrogen) atoms. The average Bonchev–Trinajstić information content (AvgIpc) is 2.91. The molecule has 0 heterocycles. The van der Waals surface area contributed by atoms with Crippen molar-refractivity contribution < 1.29 is 13.2 Å². The lowest BCUT2D eigenvalue weighted by molar-refractivity contribution is -0.115. The number of nitrogens with one attached hydrogen (secondary N) is 2. The molecule has 0 bridgehead atoms. The Morgan fingerprint density at radius 1 is 1.33 bits per heavy atom. The number of halogens is 1. The highest BCUT2D eigenvalue weighted by molar-refractivity contribution is 7.89. The van der Waals surface area contributed by atoms with Gasteiger partial charge in [0.1, 0.15) is 0 Å². The lowest BCUT2D eigenvalue weighted by Gasteiger charge is -2.13. The maximum atomic E-state index is 11.9. The molecule has 2 rings (SSSR count). The fourth-order valence-electron chi connectivity index (χ4n) is 2.34. The zero-order valence-corrected chi connectivity index (χ0v) is 13.0. The van der Waals surface area contributed by atoms with Gasteiger partial charge in [0.05, 0.1) is 22.2 Å². The number of carbonyl (C=O) groups excluding carboxylic acids is 1. The molecule has 0 atom stereocenters. The van der Waals surface area contributed by atoms with Gasteiger partial charge in [0.15, 0.2) is 0 Å². The van der Waals surface area contributed by atoms with E-state index in [0.29, 0.717) is 6.04 Å². The molecule has 116 valence electrons.